The molecule has 4 heteroatoms. The fraction of sp³-hybridized carbons (Fsp3) is 0.286. The summed E-state index contributed by atoms with van der Waals surface area (Å²) in [7, 11) is 1.83. The van der Waals surface area contributed by atoms with Crippen molar-refractivity contribution in [3.63, 3.8) is 0 Å². The Morgan fingerprint density at radius 3 is 2.89 bits per heavy atom. The van der Waals surface area contributed by atoms with Crippen LogP contribution in [0.5, 0.6) is 0 Å². The molecule has 0 bridgehead atoms. The molecule has 0 unspecified atom stereocenters. The maximum Gasteiger partial charge on any atom is 0.255 e. The first-order chi connectivity index (χ1) is 8.74. The van der Waals surface area contributed by atoms with Crippen LogP contribution in [-0.2, 0) is 0 Å². The Morgan fingerprint density at radius 2 is 2.11 bits per heavy atom. The van der Waals surface area contributed by atoms with E-state index in [9.17, 15) is 4.79 Å². The molecule has 0 N–H and O–H groups in total. The molecule has 1 aromatic carbocycles. The van der Waals surface area contributed by atoms with Crippen LogP contribution in [0, 0.1) is 0 Å². The van der Waals surface area contributed by atoms with Gasteiger partial charge in [-0.25, -0.2) is 0 Å². The predicted octanol–water partition coefficient (Wildman–Crippen LogP) is 3.09. The van der Waals surface area contributed by atoms with Crippen LogP contribution in [0.2, 0.25) is 0 Å². The number of rotatable bonds is 4. The van der Waals surface area contributed by atoms with E-state index in [1.807, 2.05) is 37.4 Å². The highest BCUT2D eigenvalue weighted by Crippen LogP contribution is 2.17. The summed E-state index contributed by atoms with van der Waals surface area (Å²) in [5.41, 5.74) is 1.45. The smallest absolute Gasteiger partial charge is 0.255 e. The number of hydrogen-bond acceptors (Lipinski definition) is 2. The molecule has 1 heterocycles. The number of aromatic nitrogens is 1. The number of benzene rings is 1. The van der Waals surface area contributed by atoms with Crippen molar-refractivity contribution in [2.24, 2.45) is 0 Å². The van der Waals surface area contributed by atoms with Gasteiger partial charge in [-0.3, -0.25) is 9.78 Å². The molecule has 0 saturated carbocycles. The highest BCUT2D eigenvalue weighted by atomic mass is 79.9. The Bertz CT molecular complexity index is 551. The van der Waals surface area contributed by atoms with Crippen molar-refractivity contribution in [3.8, 4) is 0 Å². The van der Waals surface area contributed by atoms with Crippen LogP contribution < -0.4 is 0 Å². The van der Waals surface area contributed by atoms with Crippen LogP contribution in [0.15, 0.2) is 36.5 Å². The van der Waals surface area contributed by atoms with Crippen LogP contribution >= 0.6 is 15.9 Å². The van der Waals surface area contributed by atoms with Gasteiger partial charge in [0.15, 0.2) is 0 Å². The average Bonchev–Trinajstić information content (AvgIpc) is 2.43. The normalized spacial score (nSPS) is 10.6. The third kappa shape index (κ3) is 2.70. The number of nitrogens with zero attached hydrogens (tertiary/aromatic N) is 2. The van der Waals surface area contributed by atoms with Gasteiger partial charge in [-0.15, -0.1) is 0 Å². The third-order valence-corrected chi connectivity index (χ3v) is 3.40. The minimum absolute atomic E-state index is 0.0280. The van der Waals surface area contributed by atoms with E-state index in [2.05, 4.69) is 20.9 Å². The van der Waals surface area contributed by atoms with Gasteiger partial charge in [0.25, 0.3) is 5.91 Å². The number of para-hydroxylation sites is 1. The largest absolute Gasteiger partial charge is 0.342 e. The van der Waals surface area contributed by atoms with Crippen molar-refractivity contribution < 1.29 is 4.79 Å². The van der Waals surface area contributed by atoms with E-state index < -0.39 is 0 Å². The van der Waals surface area contributed by atoms with Crippen molar-refractivity contribution >= 4 is 32.7 Å². The summed E-state index contributed by atoms with van der Waals surface area (Å²) in [5.74, 6) is 0.0280. The van der Waals surface area contributed by atoms with Crippen LogP contribution in [0.4, 0.5) is 0 Å². The zero-order valence-electron chi connectivity index (χ0n) is 10.3. The van der Waals surface area contributed by atoms with Crippen LogP contribution in [-0.4, -0.2) is 34.7 Å². The second-order valence-electron chi connectivity index (χ2n) is 4.15. The Morgan fingerprint density at radius 1 is 1.33 bits per heavy atom. The molecular formula is C14H15BrN2O. The molecule has 0 spiro atoms. The molecule has 2 aromatic rings. The number of fused-ring (bicyclic) bond motifs is 1. The Kier molecular flexibility index (Phi) is 4.31. The van der Waals surface area contributed by atoms with E-state index >= 15 is 0 Å². The second kappa shape index (κ2) is 5.96. The number of alkyl halides is 1. The van der Waals surface area contributed by atoms with Gasteiger partial charge in [0.05, 0.1) is 11.1 Å². The summed E-state index contributed by atoms with van der Waals surface area (Å²) >= 11 is 3.37. The van der Waals surface area contributed by atoms with E-state index in [0.717, 1.165) is 29.2 Å². The first-order valence-electron chi connectivity index (χ1n) is 5.89. The molecule has 0 aliphatic rings. The lowest BCUT2D eigenvalue weighted by molar-refractivity contribution is 0.0797. The van der Waals surface area contributed by atoms with Gasteiger partial charge in [-0.05, 0) is 18.6 Å². The van der Waals surface area contributed by atoms with Crippen LogP contribution in [0.1, 0.15) is 16.8 Å². The summed E-state index contributed by atoms with van der Waals surface area (Å²) in [5, 5.41) is 1.90. The molecule has 0 fully saturated rings. The first kappa shape index (κ1) is 13.0. The molecule has 3 nitrogen and oxygen atoms in total. The SMILES string of the molecule is CN(CCCBr)C(=O)c1cccc2cccnc12. The molecule has 1 amide bonds. The first-order valence-corrected chi connectivity index (χ1v) is 7.01. The van der Waals surface area contributed by atoms with Crippen molar-refractivity contribution in [3.05, 3.63) is 42.1 Å². The molecule has 0 aliphatic heterocycles. The topological polar surface area (TPSA) is 33.2 Å². The number of pyridine rings is 1. The van der Waals surface area contributed by atoms with Crippen LogP contribution in [0.3, 0.4) is 0 Å². The van der Waals surface area contributed by atoms with Crippen molar-refractivity contribution in [2.75, 3.05) is 18.9 Å². The molecule has 0 saturated heterocycles. The summed E-state index contributed by atoms with van der Waals surface area (Å²) in [6.45, 7) is 0.743. The predicted molar refractivity (Wildman–Crippen MR) is 77.1 cm³/mol. The summed E-state index contributed by atoms with van der Waals surface area (Å²) in [6, 6.07) is 9.55. The molecule has 2 rings (SSSR count). The summed E-state index contributed by atoms with van der Waals surface area (Å²) < 4.78 is 0. The second-order valence-corrected chi connectivity index (χ2v) is 4.94. The average molecular weight is 307 g/mol. The van der Waals surface area contributed by atoms with Gasteiger partial charge in [0.2, 0.25) is 0 Å². The highest BCUT2D eigenvalue weighted by Gasteiger charge is 2.14. The molecule has 94 valence electrons. The van der Waals surface area contributed by atoms with E-state index in [1.54, 1.807) is 11.1 Å². The monoisotopic (exact) mass is 306 g/mol. The quantitative estimate of drug-likeness (QED) is 0.813. The Labute approximate surface area is 115 Å². The van der Waals surface area contributed by atoms with Crippen molar-refractivity contribution in [2.45, 2.75) is 6.42 Å². The van der Waals surface area contributed by atoms with E-state index in [-0.39, 0.29) is 5.91 Å². The van der Waals surface area contributed by atoms with E-state index in [1.165, 1.54) is 0 Å². The van der Waals surface area contributed by atoms with Crippen molar-refractivity contribution in [1.29, 1.82) is 0 Å². The highest BCUT2D eigenvalue weighted by molar-refractivity contribution is 9.09. The lowest BCUT2D eigenvalue weighted by Gasteiger charge is -2.17. The third-order valence-electron chi connectivity index (χ3n) is 2.84. The number of carbonyl (C=O) groups excluding carboxylic acids is 1. The standard InChI is InChI=1S/C14H15BrN2O/c1-17(10-4-8-15)14(18)12-7-2-5-11-6-3-9-16-13(11)12/h2-3,5-7,9H,4,8,10H2,1H3. The Balaban J connectivity index is 2.33. The number of halogens is 1. The van der Waals surface area contributed by atoms with Gasteiger partial charge < -0.3 is 4.90 Å². The number of amides is 1. The zero-order valence-corrected chi connectivity index (χ0v) is 11.9. The van der Waals surface area contributed by atoms with Crippen molar-refractivity contribution in [1.82, 2.24) is 9.88 Å². The summed E-state index contributed by atoms with van der Waals surface area (Å²) in [6.07, 6.45) is 2.66. The molecule has 0 radical (unpaired) electrons. The molecule has 1 aromatic heterocycles. The maximum absolute atomic E-state index is 12.3. The molecule has 18 heavy (non-hydrogen) atoms. The maximum atomic E-state index is 12.3. The van der Waals surface area contributed by atoms with Gasteiger partial charge in [-0.1, -0.05) is 34.1 Å². The fourth-order valence-corrected chi connectivity index (χ4v) is 2.13. The summed E-state index contributed by atoms with van der Waals surface area (Å²) in [4.78, 5) is 18.4. The minimum atomic E-state index is 0.0280. The van der Waals surface area contributed by atoms with E-state index in [4.69, 9.17) is 0 Å². The lowest BCUT2D eigenvalue weighted by atomic mass is 10.1. The van der Waals surface area contributed by atoms with Gasteiger partial charge >= 0.3 is 0 Å². The molecule has 0 aliphatic carbocycles. The minimum Gasteiger partial charge on any atom is -0.342 e. The molecule has 0 atom stereocenters. The van der Waals surface area contributed by atoms with Gasteiger partial charge in [0, 0.05) is 30.5 Å². The lowest BCUT2D eigenvalue weighted by Crippen LogP contribution is -2.28. The van der Waals surface area contributed by atoms with Crippen LogP contribution in [0.25, 0.3) is 10.9 Å². The van der Waals surface area contributed by atoms with E-state index in [0.29, 0.717) is 5.56 Å². The number of carbonyl (C=O) groups is 1. The zero-order chi connectivity index (χ0) is 13.0. The van der Waals surface area contributed by atoms with Gasteiger partial charge in [-0.2, -0.15) is 0 Å². The fourth-order valence-electron chi connectivity index (χ4n) is 1.88. The molecular weight excluding hydrogens is 292 g/mol. The van der Waals surface area contributed by atoms with Gasteiger partial charge in [0.1, 0.15) is 0 Å². The number of hydrogen-bond donors (Lipinski definition) is 0. The Hall–Kier alpha value is -1.42.